The lowest BCUT2D eigenvalue weighted by atomic mass is 10.1. The molecule has 0 bridgehead atoms. The van der Waals surface area contributed by atoms with Gasteiger partial charge < -0.3 is 14.5 Å². The quantitative estimate of drug-likeness (QED) is 0.886. The first-order valence-electron chi connectivity index (χ1n) is 7.82. The van der Waals surface area contributed by atoms with E-state index in [0.717, 1.165) is 56.6 Å². The minimum Gasteiger partial charge on any atom is -0.465 e. The number of pyridine rings is 1. The molecule has 1 aliphatic rings. The van der Waals surface area contributed by atoms with Crippen LogP contribution in [0.4, 0.5) is 0 Å². The summed E-state index contributed by atoms with van der Waals surface area (Å²) in [6, 6.07) is 10.3. The smallest absolute Gasteiger partial charge is 0.122 e. The number of nitrogens with one attached hydrogen (secondary N) is 1. The van der Waals surface area contributed by atoms with Crippen molar-refractivity contribution in [2.24, 2.45) is 0 Å². The molecule has 1 N–H and O–H groups in total. The molecule has 0 aliphatic carbocycles. The first kappa shape index (κ1) is 15.2. The molecule has 3 heterocycles. The monoisotopic (exact) mass is 301 g/mol. The van der Waals surface area contributed by atoms with Gasteiger partial charge in [0.05, 0.1) is 24.9 Å². The fraction of sp³-hybridized carbons (Fsp3) is 0.471. The fourth-order valence-electron chi connectivity index (χ4n) is 2.77. The summed E-state index contributed by atoms with van der Waals surface area (Å²) >= 11 is 0. The first-order valence-corrected chi connectivity index (χ1v) is 7.82. The second kappa shape index (κ2) is 7.54. The summed E-state index contributed by atoms with van der Waals surface area (Å²) in [7, 11) is 0. The Morgan fingerprint density at radius 2 is 2.09 bits per heavy atom. The zero-order valence-corrected chi connectivity index (χ0v) is 13.0. The highest BCUT2D eigenvalue weighted by atomic mass is 16.5. The molecule has 0 radical (unpaired) electrons. The highest BCUT2D eigenvalue weighted by molar-refractivity contribution is 5.11. The van der Waals surface area contributed by atoms with E-state index >= 15 is 0 Å². The number of aryl methyl sites for hydroxylation is 1. The molecule has 22 heavy (non-hydrogen) atoms. The van der Waals surface area contributed by atoms with E-state index in [1.54, 1.807) is 0 Å². The zero-order chi connectivity index (χ0) is 15.2. The lowest BCUT2D eigenvalue weighted by Crippen LogP contribution is -2.42. The van der Waals surface area contributed by atoms with Gasteiger partial charge in [-0.05, 0) is 31.2 Å². The van der Waals surface area contributed by atoms with Gasteiger partial charge in [-0.15, -0.1) is 0 Å². The van der Waals surface area contributed by atoms with E-state index in [4.69, 9.17) is 9.15 Å². The van der Waals surface area contributed by atoms with Gasteiger partial charge in [0.25, 0.3) is 0 Å². The van der Waals surface area contributed by atoms with Crippen LogP contribution in [0.3, 0.4) is 0 Å². The van der Waals surface area contributed by atoms with Gasteiger partial charge in [-0.3, -0.25) is 9.88 Å². The van der Waals surface area contributed by atoms with E-state index in [1.165, 1.54) is 0 Å². The predicted molar refractivity (Wildman–Crippen MR) is 84.5 cm³/mol. The molecular weight excluding hydrogens is 278 g/mol. The van der Waals surface area contributed by atoms with Crippen molar-refractivity contribution >= 4 is 0 Å². The van der Waals surface area contributed by atoms with Crippen LogP contribution in [0.2, 0.25) is 0 Å². The molecule has 5 nitrogen and oxygen atoms in total. The van der Waals surface area contributed by atoms with Crippen LogP contribution in [-0.2, 0) is 11.3 Å². The molecule has 1 atom stereocenters. The Morgan fingerprint density at radius 3 is 2.77 bits per heavy atom. The van der Waals surface area contributed by atoms with Crippen molar-refractivity contribution in [3.05, 3.63) is 53.7 Å². The third-order valence-electron chi connectivity index (χ3n) is 3.95. The second-order valence-electron chi connectivity index (χ2n) is 5.56. The van der Waals surface area contributed by atoms with Gasteiger partial charge in [-0.25, -0.2) is 0 Å². The fourth-order valence-corrected chi connectivity index (χ4v) is 2.77. The second-order valence-corrected chi connectivity index (χ2v) is 5.56. The molecule has 5 heteroatoms. The Bertz CT molecular complexity index is 564. The van der Waals surface area contributed by atoms with Crippen LogP contribution in [0.25, 0.3) is 0 Å². The number of hydrogen-bond acceptors (Lipinski definition) is 5. The topological polar surface area (TPSA) is 50.5 Å². The van der Waals surface area contributed by atoms with Crippen LogP contribution in [-0.4, -0.2) is 42.7 Å². The van der Waals surface area contributed by atoms with Gasteiger partial charge in [0, 0.05) is 32.4 Å². The van der Waals surface area contributed by atoms with Crippen molar-refractivity contribution in [3.63, 3.8) is 0 Å². The Kier molecular flexibility index (Phi) is 5.21. The highest BCUT2D eigenvalue weighted by Crippen LogP contribution is 2.23. The number of nitrogens with zero attached hydrogens (tertiary/aromatic N) is 2. The molecular formula is C17H23N3O2. The van der Waals surface area contributed by atoms with Crippen molar-refractivity contribution in [3.8, 4) is 0 Å². The lowest BCUT2D eigenvalue weighted by Gasteiger charge is -2.33. The van der Waals surface area contributed by atoms with Crippen LogP contribution < -0.4 is 5.32 Å². The van der Waals surface area contributed by atoms with Crippen LogP contribution in [0.1, 0.15) is 23.3 Å². The molecule has 1 fully saturated rings. The van der Waals surface area contributed by atoms with E-state index in [0.29, 0.717) is 0 Å². The number of ether oxygens (including phenoxy) is 1. The number of furan rings is 1. The van der Waals surface area contributed by atoms with E-state index in [1.807, 2.05) is 37.4 Å². The van der Waals surface area contributed by atoms with E-state index in [-0.39, 0.29) is 6.04 Å². The summed E-state index contributed by atoms with van der Waals surface area (Å²) in [6.07, 6.45) is 1.83. The normalized spacial score (nSPS) is 17.5. The maximum Gasteiger partial charge on any atom is 0.122 e. The van der Waals surface area contributed by atoms with Crippen molar-refractivity contribution in [1.82, 2.24) is 15.2 Å². The minimum atomic E-state index is 0.237. The van der Waals surface area contributed by atoms with Crippen molar-refractivity contribution in [2.75, 3.05) is 32.8 Å². The van der Waals surface area contributed by atoms with Crippen LogP contribution >= 0.6 is 0 Å². The summed E-state index contributed by atoms with van der Waals surface area (Å²) in [5.74, 6) is 1.98. The molecule has 0 saturated carbocycles. The average Bonchev–Trinajstić information content (AvgIpc) is 2.99. The molecule has 1 saturated heterocycles. The largest absolute Gasteiger partial charge is 0.465 e. The number of aromatic nitrogens is 1. The molecule has 0 spiro atoms. The third kappa shape index (κ3) is 3.94. The number of hydrogen-bond donors (Lipinski definition) is 1. The van der Waals surface area contributed by atoms with Gasteiger partial charge in [0.1, 0.15) is 11.5 Å². The van der Waals surface area contributed by atoms with Crippen molar-refractivity contribution in [2.45, 2.75) is 19.5 Å². The van der Waals surface area contributed by atoms with Crippen molar-refractivity contribution in [1.29, 1.82) is 0 Å². The van der Waals surface area contributed by atoms with Gasteiger partial charge in [-0.2, -0.15) is 0 Å². The van der Waals surface area contributed by atoms with Gasteiger partial charge in [0.15, 0.2) is 0 Å². The van der Waals surface area contributed by atoms with Crippen LogP contribution in [0.15, 0.2) is 40.9 Å². The number of rotatable bonds is 6. The summed E-state index contributed by atoms with van der Waals surface area (Å²) in [5.41, 5.74) is 1.05. The highest BCUT2D eigenvalue weighted by Gasteiger charge is 2.24. The Labute approximate surface area is 131 Å². The van der Waals surface area contributed by atoms with E-state index in [9.17, 15) is 0 Å². The van der Waals surface area contributed by atoms with Crippen molar-refractivity contribution < 1.29 is 9.15 Å². The van der Waals surface area contributed by atoms with Gasteiger partial charge in [0.2, 0.25) is 0 Å². The summed E-state index contributed by atoms with van der Waals surface area (Å²) in [4.78, 5) is 6.77. The maximum absolute atomic E-state index is 5.86. The maximum atomic E-state index is 5.86. The standard InChI is InChI=1S/C17H23N3O2/c1-14-5-6-17(22-14)16(20-8-10-21-11-9-20)13-18-12-15-4-2-3-7-19-15/h2-7,16,18H,8-13H2,1H3. The summed E-state index contributed by atoms with van der Waals surface area (Å²) < 4.78 is 11.3. The Hall–Kier alpha value is -1.69. The van der Waals surface area contributed by atoms with E-state index in [2.05, 4.69) is 21.3 Å². The predicted octanol–water partition coefficient (Wildman–Crippen LogP) is 2.15. The molecule has 0 aromatic carbocycles. The zero-order valence-electron chi connectivity index (χ0n) is 13.0. The molecule has 3 rings (SSSR count). The SMILES string of the molecule is Cc1ccc(C(CNCc2ccccn2)N2CCOCC2)o1. The molecule has 1 aliphatic heterocycles. The minimum absolute atomic E-state index is 0.237. The first-order chi connectivity index (χ1) is 10.8. The molecule has 2 aromatic heterocycles. The van der Waals surface area contributed by atoms with Crippen LogP contribution in [0, 0.1) is 6.92 Å². The van der Waals surface area contributed by atoms with E-state index < -0.39 is 0 Å². The summed E-state index contributed by atoms with van der Waals surface area (Å²) in [5, 5.41) is 3.50. The molecule has 0 amide bonds. The third-order valence-corrected chi connectivity index (χ3v) is 3.95. The van der Waals surface area contributed by atoms with Gasteiger partial charge in [-0.1, -0.05) is 6.07 Å². The Morgan fingerprint density at radius 1 is 1.23 bits per heavy atom. The Balaban J connectivity index is 1.63. The average molecular weight is 301 g/mol. The number of morpholine rings is 1. The molecule has 118 valence electrons. The van der Waals surface area contributed by atoms with Crippen LogP contribution in [0.5, 0.6) is 0 Å². The molecule has 2 aromatic rings. The summed E-state index contributed by atoms with van der Waals surface area (Å²) in [6.45, 7) is 7.05. The lowest BCUT2D eigenvalue weighted by molar-refractivity contribution is 0.0115. The molecule has 1 unspecified atom stereocenters. The van der Waals surface area contributed by atoms with Gasteiger partial charge >= 0.3 is 0 Å².